The summed E-state index contributed by atoms with van der Waals surface area (Å²) in [6, 6.07) is 13.6. The molecule has 1 heterocycles. The van der Waals surface area contributed by atoms with Crippen LogP contribution in [0.5, 0.6) is 0 Å². The van der Waals surface area contributed by atoms with Gasteiger partial charge < -0.3 is 9.84 Å². The van der Waals surface area contributed by atoms with E-state index >= 15 is 0 Å². The van der Waals surface area contributed by atoms with Gasteiger partial charge in [0, 0.05) is 10.8 Å². The van der Waals surface area contributed by atoms with Gasteiger partial charge in [0.1, 0.15) is 0 Å². The molecule has 1 N–H and O–H groups in total. The van der Waals surface area contributed by atoms with Crippen LogP contribution < -0.4 is 0 Å². The van der Waals surface area contributed by atoms with Gasteiger partial charge in [0.05, 0.1) is 24.5 Å². The second-order valence-corrected chi connectivity index (χ2v) is 8.08. The SMILES string of the molecule is Cc1ccc(C)c(-n2nnnc2SC[C@@H](O)CO[C@H](C)c2ccc(Cl)cc2)c1. The standard InChI is InChI=1S/C20H23ClN4O2S/c1-13-4-5-14(2)19(10-13)25-20(22-23-24-25)28-12-18(26)11-27-15(3)16-6-8-17(21)9-7-16/h4-10,15,18,26H,11-12H2,1-3H3/t15-,18+/m1/s1. The largest absolute Gasteiger partial charge is 0.390 e. The van der Waals surface area contributed by atoms with E-state index in [9.17, 15) is 5.11 Å². The second-order valence-electron chi connectivity index (χ2n) is 6.66. The van der Waals surface area contributed by atoms with Gasteiger partial charge >= 0.3 is 0 Å². The van der Waals surface area contributed by atoms with Gasteiger partial charge in [-0.3, -0.25) is 0 Å². The summed E-state index contributed by atoms with van der Waals surface area (Å²) in [6.07, 6.45) is -0.763. The molecular formula is C20H23ClN4O2S. The van der Waals surface area contributed by atoms with Crippen LogP contribution in [0.2, 0.25) is 5.02 Å². The molecule has 0 aliphatic heterocycles. The number of aliphatic hydroxyl groups is 1. The lowest BCUT2D eigenvalue weighted by Gasteiger charge is -2.16. The molecule has 0 saturated carbocycles. The Kier molecular flexibility index (Phi) is 7.07. The third kappa shape index (κ3) is 5.32. The number of hydrogen-bond donors (Lipinski definition) is 1. The van der Waals surface area contributed by atoms with Gasteiger partial charge in [-0.05, 0) is 66.1 Å². The van der Waals surface area contributed by atoms with Crippen LogP contribution in [0, 0.1) is 13.8 Å². The first-order valence-electron chi connectivity index (χ1n) is 8.98. The molecule has 148 valence electrons. The highest BCUT2D eigenvalue weighted by molar-refractivity contribution is 7.99. The van der Waals surface area contributed by atoms with Crippen molar-refractivity contribution in [1.29, 1.82) is 0 Å². The monoisotopic (exact) mass is 418 g/mol. The predicted octanol–water partition coefficient (Wildman–Crippen LogP) is 4.16. The fraction of sp³-hybridized carbons (Fsp3) is 0.350. The Bertz CT molecular complexity index is 917. The molecule has 8 heteroatoms. The lowest BCUT2D eigenvalue weighted by molar-refractivity contribution is 0.00621. The Morgan fingerprint density at radius 2 is 1.93 bits per heavy atom. The maximum absolute atomic E-state index is 10.3. The Morgan fingerprint density at radius 1 is 1.18 bits per heavy atom. The molecule has 3 aromatic rings. The Hall–Kier alpha value is -1.93. The number of nitrogens with zero attached hydrogens (tertiary/aromatic N) is 4. The third-order valence-corrected chi connectivity index (χ3v) is 5.63. The molecule has 0 amide bonds. The van der Waals surface area contributed by atoms with Crippen molar-refractivity contribution in [2.45, 2.75) is 38.1 Å². The molecule has 2 atom stereocenters. The number of aryl methyl sites for hydroxylation is 2. The molecule has 0 unspecified atom stereocenters. The lowest BCUT2D eigenvalue weighted by Crippen LogP contribution is -2.19. The highest BCUT2D eigenvalue weighted by atomic mass is 35.5. The van der Waals surface area contributed by atoms with Gasteiger partial charge in [-0.1, -0.05) is 47.6 Å². The fourth-order valence-corrected chi connectivity index (χ4v) is 3.59. The molecule has 3 rings (SSSR count). The third-order valence-electron chi connectivity index (χ3n) is 4.32. The van der Waals surface area contributed by atoms with E-state index in [4.69, 9.17) is 16.3 Å². The number of benzene rings is 2. The summed E-state index contributed by atoms with van der Waals surface area (Å²) < 4.78 is 7.49. The van der Waals surface area contributed by atoms with Crippen molar-refractivity contribution in [2.24, 2.45) is 0 Å². The molecule has 28 heavy (non-hydrogen) atoms. The summed E-state index contributed by atoms with van der Waals surface area (Å²) in [5, 5.41) is 23.6. The number of ether oxygens (including phenoxy) is 1. The van der Waals surface area contributed by atoms with E-state index < -0.39 is 6.10 Å². The van der Waals surface area contributed by atoms with Crippen molar-refractivity contribution in [1.82, 2.24) is 20.2 Å². The minimum atomic E-state index is -0.636. The molecule has 0 bridgehead atoms. The fourth-order valence-electron chi connectivity index (χ4n) is 2.67. The van der Waals surface area contributed by atoms with Crippen molar-refractivity contribution in [3.8, 4) is 5.69 Å². The van der Waals surface area contributed by atoms with Gasteiger partial charge in [-0.2, -0.15) is 4.68 Å². The first kappa shape index (κ1) is 20.8. The molecule has 0 saturated heterocycles. The highest BCUT2D eigenvalue weighted by Gasteiger charge is 2.15. The molecule has 1 aromatic heterocycles. The maximum atomic E-state index is 10.3. The number of aromatic nitrogens is 4. The van der Waals surface area contributed by atoms with Gasteiger partial charge in [0.2, 0.25) is 5.16 Å². The smallest absolute Gasteiger partial charge is 0.214 e. The van der Waals surface area contributed by atoms with E-state index in [1.54, 1.807) is 4.68 Å². The van der Waals surface area contributed by atoms with Crippen LogP contribution in [0.1, 0.15) is 29.7 Å². The molecule has 0 radical (unpaired) electrons. The summed E-state index contributed by atoms with van der Waals surface area (Å²) in [4.78, 5) is 0. The summed E-state index contributed by atoms with van der Waals surface area (Å²) in [5.74, 6) is 0.429. The zero-order valence-corrected chi connectivity index (χ0v) is 17.6. The van der Waals surface area contributed by atoms with Crippen molar-refractivity contribution < 1.29 is 9.84 Å². The molecule has 0 fully saturated rings. The van der Waals surface area contributed by atoms with Crippen LogP contribution in [0.15, 0.2) is 47.6 Å². The lowest BCUT2D eigenvalue weighted by atomic mass is 10.1. The van der Waals surface area contributed by atoms with Gasteiger partial charge in [-0.15, -0.1) is 5.10 Å². The average molecular weight is 419 g/mol. The normalized spacial score (nSPS) is 13.5. The average Bonchev–Trinajstić information content (AvgIpc) is 3.15. The summed E-state index contributed by atoms with van der Waals surface area (Å²) >= 11 is 7.31. The van der Waals surface area contributed by atoms with Crippen LogP contribution >= 0.6 is 23.4 Å². The number of hydrogen-bond acceptors (Lipinski definition) is 6. The summed E-state index contributed by atoms with van der Waals surface area (Å²) in [6.45, 7) is 6.22. The topological polar surface area (TPSA) is 73.1 Å². The number of halogens is 1. The Balaban J connectivity index is 1.55. The zero-order chi connectivity index (χ0) is 20.1. The number of thioether (sulfide) groups is 1. The molecule has 0 spiro atoms. The zero-order valence-electron chi connectivity index (χ0n) is 16.0. The van der Waals surface area contributed by atoms with Crippen LogP contribution in [-0.4, -0.2) is 43.8 Å². The van der Waals surface area contributed by atoms with Gasteiger partial charge in [-0.25, -0.2) is 0 Å². The maximum Gasteiger partial charge on any atom is 0.214 e. The van der Waals surface area contributed by atoms with E-state index in [0.29, 0.717) is 15.9 Å². The van der Waals surface area contributed by atoms with Crippen LogP contribution in [-0.2, 0) is 4.74 Å². The molecule has 0 aliphatic rings. The predicted molar refractivity (Wildman–Crippen MR) is 111 cm³/mol. The quantitative estimate of drug-likeness (QED) is 0.553. The number of aliphatic hydroxyl groups excluding tert-OH is 1. The summed E-state index contributed by atoms with van der Waals surface area (Å²) in [5.41, 5.74) is 4.18. The first-order chi connectivity index (χ1) is 13.4. The van der Waals surface area contributed by atoms with Gasteiger partial charge in [0.15, 0.2) is 0 Å². The van der Waals surface area contributed by atoms with Crippen LogP contribution in [0.25, 0.3) is 5.69 Å². The highest BCUT2D eigenvalue weighted by Crippen LogP contribution is 2.23. The van der Waals surface area contributed by atoms with Crippen molar-refractivity contribution in [2.75, 3.05) is 12.4 Å². The Morgan fingerprint density at radius 3 is 2.68 bits per heavy atom. The van der Waals surface area contributed by atoms with Gasteiger partial charge in [0.25, 0.3) is 0 Å². The van der Waals surface area contributed by atoms with E-state index in [0.717, 1.165) is 22.4 Å². The summed E-state index contributed by atoms with van der Waals surface area (Å²) in [7, 11) is 0. The number of tetrazole rings is 1. The molecule has 6 nitrogen and oxygen atoms in total. The van der Waals surface area contributed by atoms with E-state index in [2.05, 4.69) is 21.6 Å². The molecule has 0 aliphatic carbocycles. The minimum absolute atomic E-state index is 0.128. The van der Waals surface area contributed by atoms with E-state index in [-0.39, 0.29) is 12.7 Å². The van der Waals surface area contributed by atoms with Crippen molar-refractivity contribution >= 4 is 23.4 Å². The first-order valence-corrected chi connectivity index (χ1v) is 10.3. The van der Waals surface area contributed by atoms with Crippen LogP contribution in [0.3, 0.4) is 0 Å². The van der Waals surface area contributed by atoms with E-state index in [1.165, 1.54) is 11.8 Å². The Labute approximate surface area is 173 Å². The number of rotatable bonds is 8. The molecular weight excluding hydrogens is 396 g/mol. The van der Waals surface area contributed by atoms with Crippen molar-refractivity contribution in [3.05, 3.63) is 64.2 Å². The van der Waals surface area contributed by atoms with Crippen molar-refractivity contribution in [3.63, 3.8) is 0 Å². The molecule has 2 aromatic carbocycles. The minimum Gasteiger partial charge on any atom is -0.390 e. The van der Waals surface area contributed by atoms with Crippen LogP contribution in [0.4, 0.5) is 0 Å². The van der Waals surface area contributed by atoms with E-state index in [1.807, 2.05) is 57.2 Å². The second kappa shape index (κ2) is 9.52.